The summed E-state index contributed by atoms with van der Waals surface area (Å²) < 4.78 is 0.865. The zero-order chi connectivity index (χ0) is 12.2. The number of carbonyl (C=O) groups is 1. The lowest BCUT2D eigenvalue weighted by atomic mass is 10.3. The van der Waals surface area contributed by atoms with Crippen LogP contribution in [-0.2, 0) is 4.79 Å². The second-order valence-corrected chi connectivity index (χ2v) is 6.93. The summed E-state index contributed by atoms with van der Waals surface area (Å²) in [5, 5.41) is 2.80. The van der Waals surface area contributed by atoms with Gasteiger partial charge in [-0.25, -0.2) is 4.98 Å². The Balaban J connectivity index is 2.43. The van der Waals surface area contributed by atoms with Crippen molar-refractivity contribution in [3.63, 3.8) is 0 Å². The highest BCUT2D eigenvalue weighted by molar-refractivity contribution is 9.10. The van der Waals surface area contributed by atoms with Gasteiger partial charge in [-0.1, -0.05) is 20.8 Å². The van der Waals surface area contributed by atoms with E-state index in [2.05, 4.69) is 47.0 Å². The van der Waals surface area contributed by atoms with Gasteiger partial charge in [0.1, 0.15) is 4.60 Å². The van der Waals surface area contributed by atoms with E-state index in [1.165, 1.54) is 0 Å². The number of hydrogen-bond donors (Lipinski definition) is 1. The minimum atomic E-state index is 0.00375. The third-order valence-corrected chi connectivity index (χ3v) is 3.39. The molecule has 1 aromatic rings. The molecule has 0 aromatic carbocycles. The van der Waals surface area contributed by atoms with E-state index < -0.39 is 0 Å². The quantitative estimate of drug-likeness (QED) is 0.871. The van der Waals surface area contributed by atoms with Gasteiger partial charge < -0.3 is 5.32 Å². The summed E-state index contributed by atoms with van der Waals surface area (Å²) in [7, 11) is 0. The van der Waals surface area contributed by atoms with Crippen LogP contribution in [0.3, 0.4) is 0 Å². The lowest BCUT2D eigenvalue weighted by molar-refractivity contribution is -0.113. The maximum Gasteiger partial charge on any atom is 0.234 e. The van der Waals surface area contributed by atoms with Crippen LogP contribution < -0.4 is 5.32 Å². The van der Waals surface area contributed by atoms with Gasteiger partial charge in [-0.15, -0.1) is 11.8 Å². The highest BCUT2D eigenvalue weighted by Gasteiger charge is 2.13. The zero-order valence-corrected chi connectivity index (χ0v) is 12.0. The number of amides is 1. The molecule has 0 atom stereocenters. The number of hydrogen-bond acceptors (Lipinski definition) is 3. The van der Waals surface area contributed by atoms with E-state index >= 15 is 0 Å². The smallest absolute Gasteiger partial charge is 0.234 e. The Kier molecular flexibility index (Phi) is 4.80. The number of pyridine rings is 1. The summed E-state index contributed by atoms with van der Waals surface area (Å²) in [6, 6.07) is 3.61. The molecule has 0 radical (unpaired) electrons. The fourth-order valence-electron chi connectivity index (χ4n) is 0.929. The molecular formula is C11H15BrN2OS. The number of halogens is 1. The summed E-state index contributed by atoms with van der Waals surface area (Å²) in [6.07, 6.45) is 1.63. The van der Waals surface area contributed by atoms with E-state index in [1.54, 1.807) is 24.0 Å². The number of rotatable bonds is 3. The molecule has 88 valence electrons. The van der Waals surface area contributed by atoms with Crippen molar-refractivity contribution < 1.29 is 4.79 Å². The van der Waals surface area contributed by atoms with E-state index in [4.69, 9.17) is 0 Å². The first-order chi connectivity index (χ1) is 7.37. The van der Waals surface area contributed by atoms with Crippen LogP contribution in [0.4, 0.5) is 5.69 Å². The minimum Gasteiger partial charge on any atom is -0.324 e. The molecule has 0 aliphatic heterocycles. The molecule has 1 aromatic heterocycles. The summed E-state index contributed by atoms with van der Waals surface area (Å²) in [6.45, 7) is 6.27. The average molecular weight is 303 g/mol. The second kappa shape index (κ2) is 5.68. The summed E-state index contributed by atoms with van der Waals surface area (Å²) in [5.74, 6) is 0.462. The van der Waals surface area contributed by atoms with Crippen LogP contribution >= 0.6 is 27.7 Å². The van der Waals surface area contributed by atoms with Crippen LogP contribution in [0.15, 0.2) is 22.9 Å². The molecule has 0 saturated carbocycles. The maximum absolute atomic E-state index is 11.6. The predicted molar refractivity (Wildman–Crippen MR) is 72.8 cm³/mol. The third-order valence-electron chi connectivity index (χ3n) is 1.65. The van der Waals surface area contributed by atoms with Gasteiger partial charge in [0.2, 0.25) is 5.91 Å². The van der Waals surface area contributed by atoms with E-state index in [0.29, 0.717) is 5.75 Å². The first-order valence-corrected chi connectivity index (χ1v) is 6.70. The molecule has 0 saturated heterocycles. The Morgan fingerprint density at radius 2 is 2.19 bits per heavy atom. The normalized spacial score (nSPS) is 11.2. The molecule has 16 heavy (non-hydrogen) atoms. The molecule has 1 amide bonds. The number of carbonyl (C=O) groups excluding carboxylic acids is 1. The fourth-order valence-corrected chi connectivity index (χ4v) is 1.80. The molecule has 3 nitrogen and oxygen atoms in total. The van der Waals surface area contributed by atoms with Gasteiger partial charge in [0.05, 0.1) is 17.6 Å². The molecule has 0 bridgehead atoms. The molecule has 1 N–H and O–H groups in total. The zero-order valence-electron chi connectivity index (χ0n) is 9.58. The second-order valence-electron chi connectivity index (χ2n) is 4.32. The van der Waals surface area contributed by atoms with Crippen molar-refractivity contribution in [2.75, 3.05) is 11.1 Å². The molecule has 1 heterocycles. The summed E-state index contributed by atoms with van der Waals surface area (Å²) in [5.41, 5.74) is 0.725. The number of anilines is 1. The van der Waals surface area contributed by atoms with Crippen LogP contribution in [0.1, 0.15) is 20.8 Å². The SMILES string of the molecule is CC(C)(C)SCC(=O)Nc1ccc(Br)nc1. The first-order valence-electron chi connectivity index (χ1n) is 4.92. The van der Waals surface area contributed by atoms with E-state index in [0.717, 1.165) is 10.3 Å². The molecule has 0 aliphatic rings. The first kappa shape index (κ1) is 13.5. The van der Waals surface area contributed by atoms with Crippen molar-refractivity contribution in [3.8, 4) is 0 Å². The molecule has 5 heteroatoms. The predicted octanol–water partition coefficient (Wildman–Crippen LogP) is 3.31. The maximum atomic E-state index is 11.6. The van der Waals surface area contributed by atoms with Crippen LogP contribution in [0, 0.1) is 0 Å². The van der Waals surface area contributed by atoms with Crippen LogP contribution in [0.25, 0.3) is 0 Å². The number of aromatic nitrogens is 1. The van der Waals surface area contributed by atoms with Crippen molar-refractivity contribution in [1.29, 1.82) is 0 Å². The summed E-state index contributed by atoms with van der Waals surface area (Å²) >= 11 is 4.86. The largest absolute Gasteiger partial charge is 0.324 e. The Bertz CT molecular complexity index is 359. The van der Waals surface area contributed by atoms with Crippen molar-refractivity contribution in [2.45, 2.75) is 25.5 Å². The Morgan fingerprint density at radius 1 is 1.50 bits per heavy atom. The molecule has 1 rings (SSSR count). The van der Waals surface area contributed by atoms with Crippen molar-refractivity contribution in [3.05, 3.63) is 22.9 Å². The van der Waals surface area contributed by atoms with Gasteiger partial charge in [0, 0.05) is 4.75 Å². The van der Waals surface area contributed by atoms with Crippen LogP contribution in [-0.4, -0.2) is 21.4 Å². The van der Waals surface area contributed by atoms with Gasteiger partial charge in [0.15, 0.2) is 0 Å². The highest BCUT2D eigenvalue weighted by Crippen LogP contribution is 2.23. The van der Waals surface area contributed by atoms with Gasteiger partial charge in [-0.2, -0.15) is 0 Å². The van der Waals surface area contributed by atoms with Crippen molar-refractivity contribution >= 4 is 39.3 Å². The Morgan fingerprint density at radius 3 is 2.69 bits per heavy atom. The highest BCUT2D eigenvalue weighted by atomic mass is 79.9. The minimum absolute atomic E-state index is 0.00375. The van der Waals surface area contributed by atoms with Crippen molar-refractivity contribution in [1.82, 2.24) is 4.98 Å². The van der Waals surface area contributed by atoms with E-state index in [1.807, 2.05) is 6.07 Å². The standard InChI is InChI=1S/C11H15BrN2OS/c1-11(2,3)16-7-10(15)14-8-4-5-9(12)13-6-8/h4-6H,7H2,1-3H3,(H,14,15). The number of nitrogens with zero attached hydrogens (tertiary/aromatic N) is 1. The molecule has 0 unspecified atom stereocenters. The molecular weight excluding hydrogens is 288 g/mol. The topological polar surface area (TPSA) is 42.0 Å². The van der Waals surface area contributed by atoms with Gasteiger partial charge in [-0.3, -0.25) is 4.79 Å². The Hall–Kier alpha value is -0.550. The lowest BCUT2D eigenvalue weighted by Crippen LogP contribution is -2.18. The van der Waals surface area contributed by atoms with E-state index in [-0.39, 0.29) is 10.7 Å². The van der Waals surface area contributed by atoms with Gasteiger partial charge in [-0.05, 0) is 28.1 Å². The van der Waals surface area contributed by atoms with Crippen LogP contribution in [0.5, 0.6) is 0 Å². The van der Waals surface area contributed by atoms with Gasteiger partial charge in [0.25, 0.3) is 0 Å². The lowest BCUT2D eigenvalue weighted by Gasteiger charge is -2.16. The molecule has 0 fully saturated rings. The fraction of sp³-hybridized carbons (Fsp3) is 0.455. The van der Waals surface area contributed by atoms with E-state index in [9.17, 15) is 4.79 Å². The summed E-state index contributed by atoms with van der Waals surface area (Å²) in [4.78, 5) is 15.6. The van der Waals surface area contributed by atoms with Crippen LogP contribution in [0.2, 0.25) is 0 Å². The van der Waals surface area contributed by atoms with Crippen molar-refractivity contribution in [2.24, 2.45) is 0 Å². The Labute approximate surface area is 109 Å². The van der Waals surface area contributed by atoms with Gasteiger partial charge >= 0.3 is 0 Å². The average Bonchev–Trinajstić information content (AvgIpc) is 2.18. The molecule has 0 aliphatic carbocycles. The monoisotopic (exact) mass is 302 g/mol. The number of thioether (sulfide) groups is 1. The molecule has 0 spiro atoms. The third kappa shape index (κ3) is 5.51. The number of nitrogens with one attached hydrogen (secondary N) is 1.